The van der Waals surface area contributed by atoms with Crippen LogP contribution in [0.2, 0.25) is 0 Å². The summed E-state index contributed by atoms with van der Waals surface area (Å²) in [6, 6.07) is 20.9. The van der Waals surface area contributed by atoms with Gasteiger partial charge in [-0.05, 0) is 67.9 Å². The van der Waals surface area contributed by atoms with Crippen LogP contribution in [-0.2, 0) is 16.6 Å². The molecule has 0 bridgehead atoms. The van der Waals surface area contributed by atoms with E-state index in [1.165, 1.54) is 47.0 Å². The van der Waals surface area contributed by atoms with Crippen molar-refractivity contribution in [1.29, 1.82) is 0 Å². The number of nitrogens with zero attached hydrogens (tertiary/aromatic N) is 3. The van der Waals surface area contributed by atoms with Crippen molar-refractivity contribution in [2.24, 2.45) is 4.99 Å². The van der Waals surface area contributed by atoms with Gasteiger partial charge in [-0.1, -0.05) is 35.6 Å². The smallest absolute Gasteiger partial charge is 0.279 e. The molecule has 0 radical (unpaired) electrons. The molecule has 0 aliphatic heterocycles. The Balaban J connectivity index is 1.65. The minimum Gasteiger partial charge on any atom is -0.317 e. The van der Waals surface area contributed by atoms with Gasteiger partial charge in [-0.3, -0.25) is 9.10 Å². The number of carbonyl (C=O) groups excluding carboxylic acids is 1. The van der Waals surface area contributed by atoms with Crippen molar-refractivity contribution in [2.75, 3.05) is 11.4 Å². The molecular weight excluding hydrogens is 442 g/mol. The Bertz CT molecular complexity index is 1450. The first-order chi connectivity index (χ1) is 15.3. The Kier molecular flexibility index (Phi) is 5.99. The van der Waals surface area contributed by atoms with Gasteiger partial charge < -0.3 is 4.57 Å². The molecule has 32 heavy (non-hydrogen) atoms. The second kappa shape index (κ2) is 8.72. The molecule has 1 amide bonds. The number of hydrogen-bond acceptors (Lipinski definition) is 4. The fraction of sp³-hybridized carbons (Fsp3) is 0.167. The maximum Gasteiger partial charge on any atom is 0.279 e. The number of carbonyl (C=O) groups is 1. The lowest BCUT2D eigenvalue weighted by molar-refractivity contribution is 0.0997. The minimum atomic E-state index is -3.74. The molecule has 0 fully saturated rings. The highest BCUT2D eigenvalue weighted by molar-refractivity contribution is 7.92. The quantitative estimate of drug-likeness (QED) is 0.433. The van der Waals surface area contributed by atoms with E-state index >= 15 is 0 Å². The lowest BCUT2D eigenvalue weighted by Crippen LogP contribution is -2.26. The van der Waals surface area contributed by atoms with E-state index in [2.05, 4.69) is 11.1 Å². The van der Waals surface area contributed by atoms with Gasteiger partial charge >= 0.3 is 0 Å². The first-order valence-corrected chi connectivity index (χ1v) is 12.4. The van der Waals surface area contributed by atoms with Crippen LogP contribution >= 0.6 is 11.3 Å². The van der Waals surface area contributed by atoms with E-state index in [0.29, 0.717) is 22.6 Å². The Morgan fingerprint density at radius 1 is 1.03 bits per heavy atom. The maximum atomic E-state index is 12.9. The lowest BCUT2D eigenvalue weighted by atomic mass is 10.2. The SMILES string of the molecule is CCn1c(=NC(=O)c2ccc(S(=O)(=O)N(C)c3ccccc3)cc2)sc2cc(C)ccc21. The number of anilines is 1. The van der Waals surface area contributed by atoms with Crippen LogP contribution in [0.4, 0.5) is 5.69 Å². The van der Waals surface area contributed by atoms with Crippen LogP contribution in [0.1, 0.15) is 22.8 Å². The van der Waals surface area contributed by atoms with Gasteiger partial charge in [-0.2, -0.15) is 4.99 Å². The van der Waals surface area contributed by atoms with E-state index in [0.717, 1.165) is 15.8 Å². The third-order valence-electron chi connectivity index (χ3n) is 5.23. The maximum absolute atomic E-state index is 12.9. The van der Waals surface area contributed by atoms with Crippen molar-refractivity contribution in [3.05, 3.63) is 88.7 Å². The molecule has 0 aliphatic rings. The fourth-order valence-electron chi connectivity index (χ4n) is 3.43. The molecule has 3 aromatic carbocycles. The monoisotopic (exact) mass is 465 g/mol. The van der Waals surface area contributed by atoms with Crippen LogP contribution in [-0.4, -0.2) is 25.9 Å². The largest absolute Gasteiger partial charge is 0.317 e. The van der Waals surface area contributed by atoms with Gasteiger partial charge in [0.05, 0.1) is 20.8 Å². The van der Waals surface area contributed by atoms with Crippen LogP contribution in [0.3, 0.4) is 0 Å². The Morgan fingerprint density at radius 3 is 2.38 bits per heavy atom. The zero-order valence-corrected chi connectivity index (χ0v) is 19.7. The molecule has 0 aliphatic carbocycles. The minimum absolute atomic E-state index is 0.112. The number of rotatable bonds is 5. The van der Waals surface area contributed by atoms with Gasteiger partial charge in [0.15, 0.2) is 4.80 Å². The number of fused-ring (bicyclic) bond motifs is 1. The predicted molar refractivity (Wildman–Crippen MR) is 129 cm³/mol. The molecule has 0 saturated heterocycles. The van der Waals surface area contributed by atoms with E-state index in [1.54, 1.807) is 24.3 Å². The molecule has 8 heteroatoms. The van der Waals surface area contributed by atoms with E-state index in [1.807, 2.05) is 36.6 Å². The summed E-state index contributed by atoms with van der Waals surface area (Å²) in [6.07, 6.45) is 0. The lowest BCUT2D eigenvalue weighted by Gasteiger charge is -2.19. The Hall–Kier alpha value is -3.23. The topological polar surface area (TPSA) is 71.7 Å². The van der Waals surface area contributed by atoms with Crippen molar-refractivity contribution in [3.63, 3.8) is 0 Å². The second-order valence-electron chi connectivity index (χ2n) is 7.35. The van der Waals surface area contributed by atoms with Crippen molar-refractivity contribution in [3.8, 4) is 0 Å². The number of aryl methyl sites for hydroxylation is 2. The molecule has 4 rings (SSSR count). The van der Waals surface area contributed by atoms with Crippen LogP contribution in [0, 0.1) is 6.92 Å². The van der Waals surface area contributed by atoms with Crippen molar-refractivity contribution in [1.82, 2.24) is 4.57 Å². The van der Waals surface area contributed by atoms with Crippen molar-refractivity contribution >= 4 is 43.2 Å². The van der Waals surface area contributed by atoms with E-state index < -0.39 is 15.9 Å². The second-order valence-corrected chi connectivity index (χ2v) is 10.3. The van der Waals surface area contributed by atoms with Gasteiger partial charge in [0.25, 0.3) is 15.9 Å². The summed E-state index contributed by atoms with van der Waals surface area (Å²) < 4.78 is 30.2. The summed E-state index contributed by atoms with van der Waals surface area (Å²) in [4.78, 5) is 17.9. The summed E-state index contributed by atoms with van der Waals surface area (Å²) in [5.41, 5.74) is 3.09. The molecule has 1 aromatic heterocycles. The number of amides is 1. The van der Waals surface area contributed by atoms with Crippen LogP contribution < -0.4 is 9.11 Å². The predicted octanol–water partition coefficient (Wildman–Crippen LogP) is 4.60. The highest BCUT2D eigenvalue weighted by Gasteiger charge is 2.21. The van der Waals surface area contributed by atoms with Gasteiger partial charge in [0.2, 0.25) is 0 Å². The Labute approximate surface area is 191 Å². The number of aromatic nitrogens is 1. The van der Waals surface area contributed by atoms with E-state index in [4.69, 9.17) is 0 Å². The van der Waals surface area contributed by atoms with E-state index in [-0.39, 0.29) is 4.90 Å². The Morgan fingerprint density at radius 2 is 1.72 bits per heavy atom. The van der Waals surface area contributed by atoms with Crippen molar-refractivity contribution in [2.45, 2.75) is 25.3 Å². The fourth-order valence-corrected chi connectivity index (χ4v) is 5.81. The molecule has 4 aromatic rings. The summed E-state index contributed by atoms with van der Waals surface area (Å²) in [7, 11) is -2.23. The zero-order valence-electron chi connectivity index (χ0n) is 18.0. The first-order valence-electron chi connectivity index (χ1n) is 10.1. The zero-order chi connectivity index (χ0) is 22.9. The summed E-state index contributed by atoms with van der Waals surface area (Å²) in [5, 5.41) is 0. The highest BCUT2D eigenvalue weighted by Crippen LogP contribution is 2.22. The number of thiazole rings is 1. The molecule has 0 atom stereocenters. The number of benzene rings is 3. The number of hydrogen-bond donors (Lipinski definition) is 0. The average molecular weight is 466 g/mol. The number of para-hydroxylation sites is 1. The summed E-state index contributed by atoms with van der Waals surface area (Å²) >= 11 is 1.47. The average Bonchev–Trinajstić information content (AvgIpc) is 3.14. The molecule has 0 saturated carbocycles. The normalized spacial score (nSPS) is 12.3. The molecule has 0 unspecified atom stereocenters. The third kappa shape index (κ3) is 4.11. The molecular formula is C24H23N3O3S2. The molecule has 0 N–H and O–H groups in total. The van der Waals surface area contributed by atoms with Crippen LogP contribution in [0.15, 0.2) is 82.7 Å². The molecule has 164 valence electrons. The summed E-state index contributed by atoms with van der Waals surface area (Å²) in [6.45, 7) is 4.73. The highest BCUT2D eigenvalue weighted by atomic mass is 32.2. The van der Waals surface area contributed by atoms with Crippen LogP contribution in [0.5, 0.6) is 0 Å². The number of sulfonamides is 1. The standard InChI is InChI=1S/C24H23N3O3S2/c1-4-27-21-15-10-17(2)16-22(21)31-24(27)25-23(28)18-11-13-20(14-12-18)32(29,30)26(3)19-8-6-5-7-9-19/h5-16H,4H2,1-3H3. The van der Waals surface area contributed by atoms with Gasteiger partial charge in [0, 0.05) is 19.2 Å². The van der Waals surface area contributed by atoms with Gasteiger partial charge in [0.1, 0.15) is 0 Å². The van der Waals surface area contributed by atoms with Crippen LogP contribution in [0.25, 0.3) is 10.2 Å². The molecule has 1 heterocycles. The van der Waals surface area contributed by atoms with Gasteiger partial charge in [-0.25, -0.2) is 8.42 Å². The van der Waals surface area contributed by atoms with Crippen molar-refractivity contribution < 1.29 is 13.2 Å². The first kappa shape index (κ1) is 22.0. The molecule has 6 nitrogen and oxygen atoms in total. The van der Waals surface area contributed by atoms with Gasteiger partial charge in [-0.15, -0.1) is 0 Å². The molecule has 0 spiro atoms. The summed E-state index contributed by atoms with van der Waals surface area (Å²) in [5.74, 6) is -0.407. The third-order valence-corrected chi connectivity index (χ3v) is 8.07. The van der Waals surface area contributed by atoms with E-state index in [9.17, 15) is 13.2 Å².